The number of Topliss-reactive ketones (excluding diaryl/α,β-unsaturated/α-hetero) is 1. The van der Waals surface area contributed by atoms with Crippen molar-refractivity contribution in [2.75, 3.05) is 27.8 Å². The number of hydrogen-bond acceptors (Lipinski definition) is 3. The highest BCUT2D eigenvalue weighted by molar-refractivity contribution is 6.10. The smallest absolute Gasteiger partial charge is 0.207 e. The molecule has 0 amide bonds. The van der Waals surface area contributed by atoms with Gasteiger partial charge in [-0.25, -0.2) is 0 Å². The second kappa shape index (κ2) is 7.05. The average Bonchev–Trinajstić information content (AvgIpc) is 2.95. The molecule has 126 valence electrons. The molecule has 24 heavy (non-hydrogen) atoms. The number of fused-ring (bicyclic) bond motifs is 1. The number of aryl methyl sites for hydroxylation is 1. The summed E-state index contributed by atoms with van der Waals surface area (Å²) in [4.78, 5) is 15.0. The van der Waals surface area contributed by atoms with Crippen molar-refractivity contribution in [3.63, 3.8) is 0 Å². The molecule has 1 aromatic carbocycles. The molecule has 0 spiro atoms. The summed E-state index contributed by atoms with van der Waals surface area (Å²) in [5, 5.41) is 0. The van der Waals surface area contributed by atoms with Gasteiger partial charge >= 0.3 is 0 Å². The van der Waals surface area contributed by atoms with Gasteiger partial charge in [0.25, 0.3) is 0 Å². The minimum Gasteiger partial charge on any atom is -0.383 e. The largest absolute Gasteiger partial charge is 0.383 e. The maximum Gasteiger partial charge on any atom is 0.207 e. The first-order valence-electron chi connectivity index (χ1n) is 8.30. The monoisotopic (exact) mass is 324 g/mol. The van der Waals surface area contributed by atoms with E-state index >= 15 is 0 Å². The van der Waals surface area contributed by atoms with Gasteiger partial charge in [-0.05, 0) is 30.0 Å². The molecule has 0 atom stereocenters. The van der Waals surface area contributed by atoms with Crippen LogP contribution in [-0.4, -0.2) is 43.1 Å². The number of nitrogens with zero attached hydrogens (tertiary/aromatic N) is 2. The van der Waals surface area contributed by atoms with Crippen molar-refractivity contribution < 1.29 is 9.53 Å². The minimum absolute atomic E-state index is 0.142. The zero-order chi connectivity index (χ0) is 17.1. The predicted octanol–water partition coefficient (Wildman–Crippen LogP) is 3.38. The van der Waals surface area contributed by atoms with Crippen LogP contribution in [0.4, 0.5) is 0 Å². The molecule has 0 bridgehead atoms. The number of benzene rings is 1. The number of aromatic nitrogens is 1. The Bertz CT molecular complexity index is 757. The van der Waals surface area contributed by atoms with Crippen LogP contribution in [0, 0.1) is 0 Å². The highest BCUT2D eigenvalue weighted by atomic mass is 16.5. The van der Waals surface area contributed by atoms with Crippen LogP contribution < -0.4 is 0 Å². The molecule has 0 saturated heterocycles. The van der Waals surface area contributed by atoms with Crippen molar-refractivity contribution in [2.24, 2.45) is 0 Å². The van der Waals surface area contributed by atoms with Crippen LogP contribution in [0.25, 0.3) is 11.3 Å². The van der Waals surface area contributed by atoms with Gasteiger partial charge in [-0.2, -0.15) is 0 Å². The van der Waals surface area contributed by atoms with E-state index in [0.717, 1.165) is 40.9 Å². The van der Waals surface area contributed by atoms with Crippen LogP contribution in [-0.2, 0) is 17.7 Å². The maximum atomic E-state index is 13.0. The molecule has 1 aromatic heterocycles. The second-order valence-electron chi connectivity index (χ2n) is 6.36. The Hall–Kier alpha value is -2.33. The van der Waals surface area contributed by atoms with E-state index in [2.05, 4.69) is 22.8 Å². The molecule has 4 nitrogen and oxygen atoms in total. The third kappa shape index (κ3) is 3.15. The fourth-order valence-corrected chi connectivity index (χ4v) is 3.30. The van der Waals surface area contributed by atoms with Gasteiger partial charge < -0.3 is 14.2 Å². The fraction of sp³-hybridized carbons (Fsp3) is 0.350. The van der Waals surface area contributed by atoms with Crippen molar-refractivity contribution in [1.82, 2.24) is 9.47 Å². The van der Waals surface area contributed by atoms with Crippen LogP contribution in [0.1, 0.15) is 22.5 Å². The summed E-state index contributed by atoms with van der Waals surface area (Å²) in [6.07, 6.45) is 3.65. The van der Waals surface area contributed by atoms with Crippen molar-refractivity contribution in [1.29, 1.82) is 0 Å². The van der Waals surface area contributed by atoms with Gasteiger partial charge in [-0.1, -0.05) is 30.3 Å². The molecule has 1 aliphatic carbocycles. The first-order valence-corrected chi connectivity index (χ1v) is 8.30. The van der Waals surface area contributed by atoms with E-state index in [0.29, 0.717) is 13.2 Å². The van der Waals surface area contributed by atoms with Crippen molar-refractivity contribution in [2.45, 2.75) is 19.4 Å². The van der Waals surface area contributed by atoms with Crippen molar-refractivity contribution >= 4 is 5.78 Å². The van der Waals surface area contributed by atoms with E-state index in [4.69, 9.17) is 4.74 Å². The van der Waals surface area contributed by atoms with Gasteiger partial charge in [0.15, 0.2) is 0 Å². The molecule has 0 aliphatic heterocycles. The molecule has 0 radical (unpaired) electrons. The molecular formula is C20H24N2O2. The standard InChI is InChI=1S/C20H24N2O2/c1-21(2)14-17-10-9-16-13-18(15-7-5-4-6-8-15)22(11-12-24-3)19(16)20(17)23/h4-8,13-14H,9-12H2,1-3H3/b17-14-. The lowest BCUT2D eigenvalue weighted by molar-refractivity contribution is 0.101. The first-order chi connectivity index (χ1) is 11.6. The van der Waals surface area contributed by atoms with Crippen LogP contribution in [0.3, 0.4) is 0 Å². The molecule has 1 aliphatic rings. The number of methoxy groups -OCH3 is 1. The quantitative estimate of drug-likeness (QED) is 0.791. The number of ether oxygens (including phenoxy) is 1. The Morgan fingerprint density at radius 3 is 2.62 bits per heavy atom. The third-order valence-corrected chi connectivity index (χ3v) is 4.35. The average molecular weight is 324 g/mol. The Labute approximate surface area is 143 Å². The SMILES string of the molecule is COCCn1c(-c2ccccc2)cc2c1C(=O)/C(=C\N(C)C)CC2. The summed E-state index contributed by atoms with van der Waals surface area (Å²) in [5.74, 6) is 0.142. The zero-order valence-electron chi connectivity index (χ0n) is 14.6. The van der Waals surface area contributed by atoms with Gasteiger partial charge in [0.2, 0.25) is 5.78 Å². The first kappa shape index (κ1) is 16.5. The molecule has 3 rings (SSSR count). The molecule has 2 aromatic rings. The zero-order valence-corrected chi connectivity index (χ0v) is 14.6. The number of carbonyl (C=O) groups is 1. The number of ketones is 1. The predicted molar refractivity (Wildman–Crippen MR) is 96.2 cm³/mol. The molecule has 0 fully saturated rings. The van der Waals surface area contributed by atoms with E-state index in [1.165, 1.54) is 0 Å². The summed E-state index contributed by atoms with van der Waals surface area (Å²) >= 11 is 0. The lowest BCUT2D eigenvalue weighted by Crippen LogP contribution is -2.21. The van der Waals surface area contributed by atoms with E-state index in [-0.39, 0.29) is 5.78 Å². The molecule has 4 heteroatoms. The van der Waals surface area contributed by atoms with Gasteiger partial charge in [0, 0.05) is 45.2 Å². The Kier molecular flexibility index (Phi) is 4.86. The molecule has 0 saturated carbocycles. The van der Waals surface area contributed by atoms with Crippen molar-refractivity contribution in [3.05, 3.63) is 59.4 Å². The fourth-order valence-electron chi connectivity index (χ4n) is 3.30. The summed E-state index contributed by atoms with van der Waals surface area (Å²) in [7, 11) is 5.60. The number of allylic oxidation sites excluding steroid dienone is 1. The Balaban J connectivity index is 2.10. The Morgan fingerprint density at radius 2 is 1.96 bits per heavy atom. The Morgan fingerprint density at radius 1 is 1.21 bits per heavy atom. The van der Waals surface area contributed by atoms with Gasteiger partial charge in [0.05, 0.1) is 12.3 Å². The minimum atomic E-state index is 0.142. The van der Waals surface area contributed by atoms with E-state index < -0.39 is 0 Å². The maximum absolute atomic E-state index is 13.0. The molecular weight excluding hydrogens is 300 g/mol. The van der Waals surface area contributed by atoms with E-state index in [1.54, 1.807) is 7.11 Å². The summed E-state index contributed by atoms with van der Waals surface area (Å²) < 4.78 is 7.39. The van der Waals surface area contributed by atoms with Crippen LogP contribution >= 0.6 is 0 Å². The second-order valence-corrected chi connectivity index (χ2v) is 6.36. The number of hydrogen-bond donors (Lipinski definition) is 0. The van der Waals surface area contributed by atoms with Gasteiger partial charge in [-0.3, -0.25) is 4.79 Å². The highest BCUT2D eigenvalue weighted by Crippen LogP contribution is 2.33. The summed E-state index contributed by atoms with van der Waals surface area (Å²) in [6, 6.07) is 12.4. The van der Waals surface area contributed by atoms with Crippen LogP contribution in [0.15, 0.2) is 48.2 Å². The van der Waals surface area contributed by atoms with Crippen molar-refractivity contribution in [3.8, 4) is 11.3 Å². The third-order valence-electron chi connectivity index (χ3n) is 4.35. The summed E-state index contributed by atoms with van der Waals surface area (Å²) in [6.45, 7) is 1.26. The van der Waals surface area contributed by atoms with Gasteiger partial charge in [-0.15, -0.1) is 0 Å². The number of rotatable bonds is 5. The van der Waals surface area contributed by atoms with E-state index in [1.807, 2.05) is 43.4 Å². The molecule has 0 N–H and O–H groups in total. The van der Waals surface area contributed by atoms with E-state index in [9.17, 15) is 4.79 Å². The lowest BCUT2D eigenvalue weighted by atomic mass is 9.92. The highest BCUT2D eigenvalue weighted by Gasteiger charge is 2.28. The normalized spacial score (nSPS) is 15.6. The summed E-state index contributed by atoms with van der Waals surface area (Å²) in [5.41, 5.74) is 5.08. The van der Waals surface area contributed by atoms with Gasteiger partial charge in [0.1, 0.15) is 0 Å². The molecule has 1 heterocycles. The molecule has 0 unspecified atom stereocenters. The lowest BCUT2D eigenvalue weighted by Gasteiger charge is -2.19. The number of carbonyl (C=O) groups excluding carboxylic acids is 1. The van der Waals surface area contributed by atoms with Crippen LogP contribution in [0.2, 0.25) is 0 Å². The van der Waals surface area contributed by atoms with Crippen LogP contribution in [0.5, 0.6) is 0 Å². The topological polar surface area (TPSA) is 34.5 Å².